The van der Waals surface area contributed by atoms with Crippen molar-refractivity contribution in [2.45, 2.75) is 0 Å². The van der Waals surface area contributed by atoms with Gasteiger partial charge in [-0.05, 0) is 35.9 Å². The predicted octanol–water partition coefficient (Wildman–Crippen LogP) is 3.79. The Kier molecular flexibility index (Phi) is 4.83. The number of nitrogens with zero attached hydrogens (tertiary/aromatic N) is 1. The summed E-state index contributed by atoms with van der Waals surface area (Å²) in [6, 6.07) is 11.8. The van der Waals surface area contributed by atoms with E-state index in [1.165, 1.54) is 0 Å². The van der Waals surface area contributed by atoms with Crippen molar-refractivity contribution in [3.8, 4) is 11.5 Å². The number of ketones is 1. The Labute approximate surface area is 160 Å². The van der Waals surface area contributed by atoms with E-state index in [0.29, 0.717) is 48.4 Å². The van der Waals surface area contributed by atoms with Gasteiger partial charge in [0.2, 0.25) is 5.78 Å². The highest BCUT2D eigenvalue weighted by Crippen LogP contribution is 2.35. The van der Waals surface area contributed by atoms with Crippen LogP contribution < -0.4 is 9.47 Å². The van der Waals surface area contributed by atoms with E-state index in [9.17, 15) is 9.59 Å². The molecular weight excluding hydrogens is 370 g/mol. The van der Waals surface area contributed by atoms with E-state index in [1.807, 2.05) is 0 Å². The van der Waals surface area contributed by atoms with Crippen LogP contribution in [0, 0.1) is 0 Å². The van der Waals surface area contributed by atoms with Crippen molar-refractivity contribution >= 4 is 29.6 Å². The highest BCUT2D eigenvalue weighted by molar-refractivity contribution is 6.30. The van der Waals surface area contributed by atoms with Crippen LogP contribution in [0.5, 0.6) is 11.5 Å². The quantitative estimate of drug-likeness (QED) is 0.736. The fourth-order valence-electron chi connectivity index (χ4n) is 2.85. The minimum absolute atomic E-state index is 0.212. The molecule has 0 spiro atoms. The van der Waals surface area contributed by atoms with E-state index in [4.69, 9.17) is 25.8 Å². The molecule has 2 heterocycles. The molecule has 0 bridgehead atoms. The molecular formula is C20H16ClNO5. The van der Waals surface area contributed by atoms with Crippen molar-refractivity contribution in [3.05, 3.63) is 64.4 Å². The maximum Gasteiger partial charge on any atom is 0.415 e. The third-order valence-electron chi connectivity index (χ3n) is 4.28. The van der Waals surface area contributed by atoms with E-state index < -0.39 is 6.09 Å². The number of amides is 1. The van der Waals surface area contributed by atoms with Gasteiger partial charge in [-0.15, -0.1) is 0 Å². The number of benzene rings is 2. The number of halogens is 1. The van der Waals surface area contributed by atoms with E-state index in [2.05, 4.69) is 0 Å². The molecule has 2 aliphatic rings. The number of ether oxygens (including phenoxy) is 3. The smallest absolute Gasteiger partial charge is 0.415 e. The number of carbonyl (C=O) groups excluding carboxylic acids is 2. The Morgan fingerprint density at radius 2 is 1.85 bits per heavy atom. The largest absolute Gasteiger partial charge is 0.452 e. The van der Waals surface area contributed by atoms with Gasteiger partial charge in [-0.1, -0.05) is 23.7 Å². The van der Waals surface area contributed by atoms with Crippen LogP contribution in [0.15, 0.2) is 48.2 Å². The molecule has 1 fully saturated rings. The van der Waals surface area contributed by atoms with Gasteiger partial charge in [-0.3, -0.25) is 4.79 Å². The molecule has 7 heteroatoms. The first-order valence-electron chi connectivity index (χ1n) is 8.48. The topological polar surface area (TPSA) is 65.1 Å². The lowest BCUT2D eigenvalue weighted by atomic mass is 10.1. The van der Waals surface area contributed by atoms with Gasteiger partial charge in [-0.25, -0.2) is 4.79 Å². The highest BCUT2D eigenvalue weighted by atomic mass is 35.5. The lowest BCUT2D eigenvalue weighted by Crippen LogP contribution is -2.42. The molecule has 0 N–H and O–H groups in total. The number of hydrogen-bond acceptors (Lipinski definition) is 5. The van der Waals surface area contributed by atoms with Gasteiger partial charge < -0.3 is 19.1 Å². The highest BCUT2D eigenvalue weighted by Gasteiger charge is 2.28. The molecule has 2 aliphatic heterocycles. The van der Waals surface area contributed by atoms with Crippen molar-refractivity contribution < 1.29 is 23.8 Å². The molecule has 1 amide bonds. The number of Topliss-reactive ketones (excluding diaryl/α,β-unsaturated/α-hetero) is 1. The zero-order valence-electron chi connectivity index (χ0n) is 14.3. The third-order valence-corrected chi connectivity index (χ3v) is 4.54. The van der Waals surface area contributed by atoms with E-state index in [0.717, 1.165) is 5.56 Å². The third kappa shape index (κ3) is 3.82. The number of carbonyl (C=O) groups is 2. The van der Waals surface area contributed by atoms with Gasteiger partial charge in [0, 0.05) is 24.2 Å². The van der Waals surface area contributed by atoms with E-state index in [1.54, 1.807) is 53.4 Å². The van der Waals surface area contributed by atoms with Crippen molar-refractivity contribution in [2.75, 3.05) is 26.3 Å². The SMILES string of the molecule is O=C1C(=Cc2ccc(Cl)cc2)Oc2cc(OC(=O)N3CCOCC3)ccc21. The first-order chi connectivity index (χ1) is 13.1. The number of hydrogen-bond donors (Lipinski definition) is 0. The lowest BCUT2D eigenvalue weighted by Gasteiger charge is -2.25. The summed E-state index contributed by atoms with van der Waals surface area (Å²) in [5.74, 6) is 0.688. The molecule has 0 atom stereocenters. The molecule has 6 nitrogen and oxygen atoms in total. The fraction of sp³-hybridized carbons (Fsp3) is 0.200. The molecule has 0 saturated carbocycles. The van der Waals surface area contributed by atoms with Crippen molar-refractivity contribution in [2.24, 2.45) is 0 Å². The fourth-order valence-corrected chi connectivity index (χ4v) is 2.98. The summed E-state index contributed by atoms with van der Waals surface area (Å²) in [6.45, 7) is 1.98. The van der Waals surface area contributed by atoms with Gasteiger partial charge in [-0.2, -0.15) is 0 Å². The second-order valence-corrected chi connectivity index (χ2v) is 6.55. The van der Waals surface area contributed by atoms with E-state index in [-0.39, 0.29) is 11.5 Å². The molecule has 0 aliphatic carbocycles. The maximum atomic E-state index is 12.5. The number of morpholine rings is 1. The van der Waals surface area contributed by atoms with Crippen molar-refractivity contribution in [3.63, 3.8) is 0 Å². The summed E-state index contributed by atoms with van der Waals surface area (Å²) in [5, 5.41) is 0.617. The van der Waals surface area contributed by atoms with Crippen molar-refractivity contribution in [1.29, 1.82) is 0 Å². The summed E-state index contributed by atoms with van der Waals surface area (Å²) in [4.78, 5) is 26.3. The molecule has 138 valence electrons. The summed E-state index contributed by atoms with van der Waals surface area (Å²) in [6.07, 6.45) is 1.21. The van der Waals surface area contributed by atoms with Crippen molar-refractivity contribution in [1.82, 2.24) is 4.90 Å². The van der Waals surface area contributed by atoms with Gasteiger partial charge in [0.05, 0.1) is 18.8 Å². The Balaban J connectivity index is 1.50. The van der Waals surface area contributed by atoms with Crippen LogP contribution in [0.1, 0.15) is 15.9 Å². The zero-order chi connectivity index (χ0) is 18.8. The Morgan fingerprint density at radius 3 is 2.59 bits per heavy atom. The molecule has 2 aromatic rings. The van der Waals surface area contributed by atoms with Crippen LogP contribution in [0.4, 0.5) is 4.79 Å². The molecule has 4 rings (SSSR count). The van der Waals surface area contributed by atoms with Gasteiger partial charge in [0.15, 0.2) is 5.76 Å². The number of rotatable bonds is 2. The Hall–Kier alpha value is -2.83. The van der Waals surface area contributed by atoms with E-state index >= 15 is 0 Å². The van der Waals surface area contributed by atoms with Crippen LogP contribution in [0.3, 0.4) is 0 Å². The molecule has 0 radical (unpaired) electrons. The first kappa shape index (κ1) is 17.6. The van der Waals surface area contributed by atoms with Crippen LogP contribution in [-0.2, 0) is 4.74 Å². The minimum atomic E-state index is -0.445. The molecule has 0 aromatic heterocycles. The minimum Gasteiger partial charge on any atom is -0.452 e. The molecule has 1 saturated heterocycles. The second kappa shape index (κ2) is 7.42. The average molecular weight is 386 g/mol. The van der Waals surface area contributed by atoms with Gasteiger partial charge in [0.25, 0.3) is 0 Å². The summed E-state index contributed by atoms with van der Waals surface area (Å²) < 4.78 is 16.3. The molecule has 27 heavy (non-hydrogen) atoms. The average Bonchev–Trinajstić information content (AvgIpc) is 2.99. The Bertz CT molecular complexity index is 916. The van der Waals surface area contributed by atoms with Crippen LogP contribution in [-0.4, -0.2) is 43.1 Å². The predicted molar refractivity (Wildman–Crippen MR) is 99.2 cm³/mol. The molecule has 2 aromatic carbocycles. The lowest BCUT2D eigenvalue weighted by molar-refractivity contribution is 0.0416. The maximum absolute atomic E-state index is 12.5. The number of fused-ring (bicyclic) bond motifs is 1. The van der Waals surface area contributed by atoms with Crippen LogP contribution in [0.2, 0.25) is 5.02 Å². The Morgan fingerprint density at radius 1 is 1.11 bits per heavy atom. The molecule has 0 unspecified atom stereocenters. The van der Waals surface area contributed by atoms with Gasteiger partial charge >= 0.3 is 6.09 Å². The summed E-state index contributed by atoms with van der Waals surface area (Å²) in [5.41, 5.74) is 1.23. The normalized spacial score (nSPS) is 17.6. The standard InChI is InChI=1S/C20H16ClNO5/c21-14-3-1-13(2-4-14)11-18-19(23)16-6-5-15(12-17(16)27-18)26-20(24)22-7-9-25-10-8-22/h1-6,11-12H,7-10H2. The summed E-state index contributed by atoms with van der Waals surface area (Å²) in [7, 11) is 0. The van der Waals surface area contributed by atoms with Crippen LogP contribution >= 0.6 is 11.6 Å². The monoisotopic (exact) mass is 385 g/mol. The number of allylic oxidation sites excluding steroid dienone is 1. The summed E-state index contributed by atoms with van der Waals surface area (Å²) >= 11 is 5.87. The zero-order valence-corrected chi connectivity index (χ0v) is 15.1. The second-order valence-electron chi connectivity index (χ2n) is 6.12. The van der Waals surface area contributed by atoms with Crippen LogP contribution in [0.25, 0.3) is 6.08 Å². The first-order valence-corrected chi connectivity index (χ1v) is 8.86. The van der Waals surface area contributed by atoms with Gasteiger partial charge in [0.1, 0.15) is 11.5 Å².